The van der Waals surface area contributed by atoms with Crippen molar-refractivity contribution in [1.82, 2.24) is 15.2 Å². The highest BCUT2D eigenvalue weighted by Gasteiger charge is 2.26. The Morgan fingerprint density at radius 3 is 2.85 bits per heavy atom. The number of morpholine rings is 1. The molecular weight excluding hydrogens is 342 g/mol. The molecule has 0 unspecified atom stereocenters. The normalized spacial score (nSPS) is 21.0. The Morgan fingerprint density at radius 1 is 1.30 bits per heavy atom. The van der Waals surface area contributed by atoms with Crippen LogP contribution >= 0.6 is 0 Å². The van der Waals surface area contributed by atoms with Crippen molar-refractivity contribution < 1.29 is 14.3 Å². The molecule has 0 radical (unpaired) electrons. The molecule has 2 amide bonds. The van der Waals surface area contributed by atoms with Gasteiger partial charge >= 0.3 is 0 Å². The van der Waals surface area contributed by atoms with Crippen molar-refractivity contribution in [3.05, 3.63) is 35.0 Å². The maximum Gasteiger partial charge on any atom is 0.254 e. The summed E-state index contributed by atoms with van der Waals surface area (Å²) in [6, 6.07) is 5.28. The summed E-state index contributed by atoms with van der Waals surface area (Å²) in [5, 5.41) is 4.02. The number of aryl methyl sites for hydroxylation is 1. The summed E-state index contributed by atoms with van der Waals surface area (Å²) in [7, 11) is 0. The summed E-state index contributed by atoms with van der Waals surface area (Å²) in [6.07, 6.45) is 3.25. The topological polar surface area (TPSA) is 74.4 Å². The summed E-state index contributed by atoms with van der Waals surface area (Å²) in [5.41, 5.74) is 4.09. The molecule has 2 N–H and O–H groups in total. The molecule has 1 saturated heterocycles. The number of ether oxygens (including phenoxy) is 1. The Hall–Kier alpha value is -2.34. The third-order valence-electron chi connectivity index (χ3n) is 5.75. The van der Waals surface area contributed by atoms with E-state index < -0.39 is 6.04 Å². The minimum atomic E-state index is -0.560. The number of carbonyl (C=O) groups is 2. The summed E-state index contributed by atoms with van der Waals surface area (Å²) in [4.78, 5) is 30.7. The number of aromatic nitrogens is 1. The van der Waals surface area contributed by atoms with Gasteiger partial charge in [0, 0.05) is 24.2 Å². The van der Waals surface area contributed by atoms with E-state index in [0.29, 0.717) is 37.8 Å². The molecule has 2 atom stereocenters. The second-order valence-electron chi connectivity index (χ2n) is 7.79. The average molecular weight is 369 g/mol. The SMILES string of the molecule is C[C@H]1CCc2[nH]c3c(C(=O)N[C@@H](C)C(=O)N4CCOCC4)cccc3c2C1. The van der Waals surface area contributed by atoms with Gasteiger partial charge in [-0.2, -0.15) is 0 Å². The van der Waals surface area contributed by atoms with Crippen LogP contribution in [0.5, 0.6) is 0 Å². The largest absolute Gasteiger partial charge is 0.378 e. The number of hydrogen-bond acceptors (Lipinski definition) is 3. The molecule has 1 aliphatic carbocycles. The molecule has 2 aromatic rings. The van der Waals surface area contributed by atoms with Crippen LogP contribution in [0.25, 0.3) is 10.9 Å². The van der Waals surface area contributed by atoms with Crippen LogP contribution in [0.15, 0.2) is 18.2 Å². The van der Waals surface area contributed by atoms with Gasteiger partial charge in [0.25, 0.3) is 5.91 Å². The number of nitrogens with zero attached hydrogens (tertiary/aromatic N) is 1. The molecule has 4 rings (SSSR count). The maximum absolute atomic E-state index is 12.9. The first-order valence-electron chi connectivity index (χ1n) is 9.84. The van der Waals surface area contributed by atoms with Gasteiger partial charge in [0.15, 0.2) is 0 Å². The Labute approximate surface area is 159 Å². The molecule has 2 aliphatic rings. The Morgan fingerprint density at radius 2 is 2.07 bits per heavy atom. The van der Waals surface area contributed by atoms with E-state index in [0.717, 1.165) is 23.7 Å². The fourth-order valence-electron chi connectivity index (χ4n) is 4.20. The second kappa shape index (κ2) is 7.35. The highest BCUT2D eigenvalue weighted by atomic mass is 16.5. The minimum absolute atomic E-state index is 0.0570. The number of nitrogens with one attached hydrogen (secondary N) is 2. The van der Waals surface area contributed by atoms with Gasteiger partial charge in [-0.15, -0.1) is 0 Å². The number of hydrogen-bond donors (Lipinski definition) is 2. The van der Waals surface area contributed by atoms with Crippen LogP contribution in [0.2, 0.25) is 0 Å². The third-order valence-corrected chi connectivity index (χ3v) is 5.75. The molecule has 144 valence electrons. The van der Waals surface area contributed by atoms with Gasteiger partial charge in [0.05, 0.1) is 24.3 Å². The zero-order chi connectivity index (χ0) is 19.0. The monoisotopic (exact) mass is 369 g/mol. The number of para-hydroxylation sites is 1. The lowest BCUT2D eigenvalue weighted by Crippen LogP contribution is -2.50. The number of carbonyl (C=O) groups excluding carboxylic acids is 2. The molecule has 0 spiro atoms. The first-order valence-corrected chi connectivity index (χ1v) is 9.84. The molecule has 6 nitrogen and oxygen atoms in total. The molecule has 2 heterocycles. The van der Waals surface area contributed by atoms with Gasteiger partial charge in [-0.3, -0.25) is 9.59 Å². The number of amides is 2. The van der Waals surface area contributed by atoms with E-state index in [1.165, 1.54) is 17.7 Å². The molecule has 1 aromatic carbocycles. The van der Waals surface area contributed by atoms with Gasteiger partial charge in [0.1, 0.15) is 6.04 Å². The third kappa shape index (κ3) is 3.46. The molecular formula is C21H27N3O3. The summed E-state index contributed by atoms with van der Waals surface area (Å²) in [5.74, 6) is 0.403. The average Bonchev–Trinajstić information content (AvgIpc) is 3.05. The van der Waals surface area contributed by atoms with E-state index in [1.54, 1.807) is 11.8 Å². The first kappa shape index (κ1) is 18.0. The van der Waals surface area contributed by atoms with Gasteiger partial charge in [-0.1, -0.05) is 19.1 Å². The van der Waals surface area contributed by atoms with Crippen molar-refractivity contribution in [1.29, 1.82) is 0 Å². The highest BCUT2D eigenvalue weighted by Crippen LogP contribution is 2.32. The summed E-state index contributed by atoms with van der Waals surface area (Å²) >= 11 is 0. The molecule has 1 fully saturated rings. The smallest absolute Gasteiger partial charge is 0.254 e. The molecule has 6 heteroatoms. The van der Waals surface area contributed by atoms with Gasteiger partial charge < -0.3 is 19.9 Å². The van der Waals surface area contributed by atoms with E-state index in [-0.39, 0.29) is 11.8 Å². The van der Waals surface area contributed by atoms with Crippen LogP contribution in [0.4, 0.5) is 0 Å². The molecule has 0 bridgehead atoms. The first-order chi connectivity index (χ1) is 13.0. The fourth-order valence-corrected chi connectivity index (χ4v) is 4.20. The van der Waals surface area contributed by atoms with Crippen molar-refractivity contribution in [3.8, 4) is 0 Å². The van der Waals surface area contributed by atoms with Crippen LogP contribution in [-0.2, 0) is 22.4 Å². The van der Waals surface area contributed by atoms with Gasteiger partial charge in [-0.05, 0) is 43.7 Å². The molecule has 1 aliphatic heterocycles. The van der Waals surface area contributed by atoms with Crippen LogP contribution in [0.3, 0.4) is 0 Å². The fraction of sp³-hybridized carbons (Fsp3) is 0.524. The predicted molar refractivity (Wildman–Crippen MR) is 104 cm³/mol. The van der Waals surface area contributed by atoms with E-state index in [1.807, 2.05) is 12.1 Å². The number of aromatic amines is 1. The quantitative estimate of drug-likeness (QED) is 0.872. The number of H-pyrrole nitrogens is 1. The van der Waals surface area contributed by atoms with E-state index >= 15 is 0 Å². The zero-order valence-electron chi connectivity index (χ0n) is 16.0. The molecule has 0 saturated carbocycles. The Balaban J connectivity index is 1.55. The Kier molecular flexibility index (Phi) is 4.91. The standard InChI is InChI=1S/C21H27N3O3/c1-13-6-7-18-17(12-13)15-4-3-5-16(19(15)23-18)20(25)22-14(2)21(26)24-8-10-27-11-9-24/h3-5,13-14,23H,6-12H2,1-2H3,(H,22,25)/t13-,14-/m0/s1. The van der Waals surface area contributed by atoms with E-state index in [4.69, 9.17) is 4.74 Å². The minimum Gasteiger partial charge on any atom is -0.378 e. The summed E-state index contributed by atoms with van der Waals surface area (Å²) in [6.45, 7) is 6.29. The van der Waals surface area contributed by atoms with Crippen molar-refractivity contribution in [2.75, 3.05) is 26.3 Å². The number of rotatable bonds is 3. The van der Waals surface area contributed by atoms with Crippen molar-refractivity contribution in [3.63, 3.8) is 0 Å². The maximum atomic E-state index is 12.9. The van der Waals surface area contributed by atoms with E-state index in [2.05, 4.69) is 23.3 Å². The lowest BCUT2D eigenvalue weighted by molar-refractivity contribution is -0.136. The second-order valence-corrected chi connectivity index (χ2v) is 7.79. The van der Waals surface area contributed by atoms with E-state index in [9.17, 15) is 9.59 Å². The predicted octanol–water partition coefficient (Wildman–Crippen LogP) is 2.27. The van der Waals surface area contributed by atoms with Gasteiger partial charge in [0.2, 0.25) is 5.91 Å². The molecule has 27 heavy (non-hydrogen) atoms. The van der Waals surface area contributed by atoms with Gasteiger partial charge in [-0.25, -0.2) is 0 Å². The lowest BCUT2D eigenvalue weighted by Gasteiger charge is -2.29. The lowest BCUT2D eigenvalue weighted by atomic mass is 9.87. The zero-order valence-corrected chi connectivity index (χ0v) is 16.0. The van der Waals surface area contributed by atoms with Crippen LogP contribution in [-0.4, -0.2) is 54.0 Å². The van der Waals surface area contributed by atoms with Crippen molar-refractivity contribution >= 4 is 22.7 Å². The van der Waals surface area contributed by atoms with Crippen LogP contribution < -0.4 is 5.32 Å². The van der Waals surface area contributed by atoms with Crippen molar-refractivity contribution in [2.45, 2.75) is 39.2 Å². The summed E-state index contributed by atoms with van der Waals surface area (Å²) < 4.78 is 5.29. The van der Waals surface area contributed by atoms with Crippen LogP contribution in [0.1, 0.15) is 41.9 Å². The number of fused-ring (bicyclic) bond motifs is 3. The van der Waals surface area contributed by atoms with Crippen LogP contribution in [0, 0.1) is 5.92 Å². The Bertz CT molecular complexity index is 867. The molecule has 1 aromatic heterocycles. The van der Waals surface area contributed by atoms with Crippen molar-refractivity contribution in [2.24, 2.45) is 5.92 Å². The number of benzene rings is 1. The highest BCUT2D eigenvalue weighted by molar-refractivity contribution is 6.08.